The van der Waals surface area contributed by atoms with Gasteiger partial charge in [0.25, 0.3) is 5.91 Å². The molecule has 9 heteroatoms. The normalized spacial score (nSPS) is 21.4. The van der Waals surface area contributed by atoms with Crippen molar-refractivity contribution in [1.29, 1.82) is 0 Å². The van der Waals surface area contributed by atoms with Gasteiger partial charge in [-0.25, -0.2) is 9.69 Å². The second-order valence-electron chi connectivity index (χ2n) is 5.62. The maximum atomic E-state index is 12.9. The highest BCUT2D eigenvalue weighted by molar-refractivity contribution is 7.13. The lowest BCUT2D eigenvalue weighted by molar-refractivity contribution is -0.126. The topological polar surface area (TPSA) is 113 Å². The van der Waals surface area contributed by atoms with Crippen LogP contribution in [0.25, 0.3) is 0 Å². The molecule has 1 N–H and O–H groups in total. The van der Waals surface area contributed by atoms with Gasteiger partial charge in [-0.2, -0.15) is 0 Å². The number of hydrogen-bond donors (Lipinski definition) is 1. The Kier molecular flexibility index (Phi) is 3.66. The van der Waals surface area contributed by atoms with Crippen LogP contribution in [0.4, 0.5) is 5.69 Å². The number of benzene rings is 1. The predicted molar refractivity (Wildman–Crippen MR) is 90.3 cm³/mol. The summed E-state index contributed by atoms with van der Waals surface area (Å²) in [4.78, 5) is 55.6. The summed E-state index contributed by atoms with van der Waals surface area (Å²) in [6.07, 6.45) is -1.26. The lowest BCUT2D eigenvalue weighted by atomic mass is 9.96. The smallest absolute Gasteiger partial charge is 0.337 e. The Morgan fingerprint density at radius 3 is 2.58 bits per heavy atom. The Morgan fingerprint density at radius 1 is 1.12 bits per heavy atom. The van der Waals surface area contributed by atoms with Crippen LogP contribution in [0.2, 0.25) is 0 Å². The number of para-hydroxylation sites is 1. The van der Waals surface area contributed by atoms with Gasteiger partial charge in [0.1, 0.15) is 11.6 Å². The Labute approximate surface area is 150 Å². The van der Waals surface area contributed by atoms with Crippen LogP contribution in [-0.2, 0) is 14.4 Å². The van der Waals surface area contributed by atoms with Gasteiger partial charge >= 0.3 is 5.97 Å². The molecule has 0 unspecified atom stereocenters. The molecular weight excluding hydrogens is 360 g/mol. The molecule has 2 aromatic rings. The number of carboxylic acid groups (broad SMARTS) is 1. The van der Waals surface area contributed by atoms with E-state index in [1.807, 2.05) is 0 Å². The molecule has 0 spiro atoms. The maximum Gasteiger partial charge on any atom is 0.337 e. The van der Waals surface area contributed by atoms with Crippen molar-refractivity contribution < 1.29 is 29.1 Å². The van der Waals surface area contributed by atoms with E-state index < -0.39 is 35.6 Å². The number of carbonyl (C=O) groups excluding carboxylic acids is 3. The first-order valence-corrected chi connectivity index (χ1v) is 8.40. The molecule has 2 atom stereocenters. The molecule has 1 aromatic heterocycles. The number of anilines is 1. The number of hydrogen-bond acceptors (Lipinski definition) is 7. The van der Waals surface area contributed by atoms with Crippen LogP contribution in [0.3, 0.4) is 0 Å². The molecule has 130 valence electrons. The number of nitrogens with zero attached hydrogens (tertiary/aromatic N) is 2. The van der Waals surface area contributed by atoms with Gasteiger partial charge in [0.2, 0.25) is 17.8 Å². The fraction of sp³-hybridized carbons (Fsp3) is 0.118. The number of aromatic carboxylic acids is 1. The molecule has 1 fully saturated rings. The Balaban J connectivity index is 1.72. The summed E-state index contributed by atoms with van der Waals surface area (Å²) in [5.74, 6) is -4.41. The third kappa shape index (κ3) is 2.25. The zero-order valence-electron chi connectivity index (χ0n) is 13.0. The van der Waals surface area contributed by atoms with Crippen molar-refractivity contribution in [2.45, 2.75) is 6.10 Å². The zero-order valence-corrected chi connectivity index (χ0v) is 13.8. The van der Waals surface area contributed by atoms with Crippen LogP contribution < -0.4 is 4.90 Å². The fourth-order valence-electron chi connectivity index (χ4n) is 2.99. The van der Waals surface area contributed by atoms with Crippen molar-refractivity contribution >= 4 is 46.3 Å². The molecule has 2 aliphatic rings. The lowest BCUT2D eigenvalue weighted by Gasteiger charge is -2.17. The summed E-state index contributed by atoms with van der Waals surface area (Å²) in [7, 11) is 0. The van der Waals surface area contributed by atoms with Gasteiger partial charge in [0.15, 0.2) is 0 Å². The van der Waals surface area contributed by atoms with Crippen molar-refractivity contribution in [3.63, 3.8) is 0 Å². The SMILES string of the molecule is O=C(C1=NO[C@@H]2C(=O)N(c3ccccc3C(=O)O)C(=O)[C@@H]12)c1cccs1. The van der Waals surface area contributed by atoms with Gasteiger partial charge in [-0.15, -0.1) is 11.3 Å². The number of Topliss-reactive ketones (excluding diaryl/α,β-unsaturated/α-hetero) is 1. The number of rotatable bonds is 4. The molecule has 0 radical (unpaired) electrons. The number of oxime groups is 1. The molecule has 26 heavy (non-hydrogen) atoms. The van der Waals surface area contributed by atoms with Gasteiger partial charge in [-0.1, -0.05) is 23.4 Å². The van der Waals surface area contributed by atoms with Crippen LogP contribution in [0.1, 0.15) is 20.0 Å². The molecule has 0 bridgehead atoms. The molecule has 1 aromatic carbocycles. The summed E-state index contributed by atoms with van der Waals surface area (Å²) in [6, 6.07) is 8.92. The molecule has 0 saturated carbocycles. The van der Waals surface area contributed by atoms with Crippen molar-refractivity contribution in [1.82, 2.24) is 0 Å². The number of amides is 2. The van der Waals surface area contributed by atoms with E-state index in [2.05, 4.69) is 5.16 Å². The Bertz CT molecular complexity index is 981. The zero-order chi connectivity index (χ0) is 18.4. The minimum Gasteiger partial charge on any atom is -0.478 e. The average molecular weight is 370 g/mol. The van der Waals surface area contributed by atoms with Gasteiger partial charge in [0.05, 0.1) is 16.1 Å². The molecule has 3 heterocycles. The van der Waals surface area contributed by atoms with Crippen LogP contribution in [0.5, 0.6) is 0 Å². The first kappa shape index (κ1) is 16.2. The lowest BCUT2D eigenvalue weighted by Crippen LogP contribution is -2.35. The van der Waals surface area contributed by atoms with Gasteiger partial charge in [0, 0.05) is 0 Å². The first-order valence-electron chi connectivity index (χ1n) is 7.52. The molecular formula is C17H10N2O6S. The maximum absolute atomic E-state index is 12.9. The summed E-state index contributed by atoms with van der Waals surface area (Å²) in [5, 5.41) is 14.7. The second-order valence-corrected chi connectivity index (χ2v) is 6.57. The molecule has 1 saturated heterocycles. The van der Waals surface area contributed by atoms with Gasteiger partial charge in [-0.3, -0.25) is 14.4 Å². The van der Waals surface area contributed by atoms with E-state index in [0.717, 1.165) is 4.90 Å². The van der Waals surface area contributed by atoms with E-state index >= 15 is 0 Å². The highest BCUT2D eigenvalue weighted by Gasteiger charge is 2.58. The van der Waals surface area contributed by atoms with E-state index in [4.69, 9.17) is 4.84 Å². The third-order valence-corrected chi connectivity index (χ3v) is 5.03. The van der Waals surface area contributed by atoms with Crippen LogP contribution >= 0.6 is 11.3 Å². The minimum absolute atomic E-state index is 0.0593. The Morgan fingerprint density at radius 2 is 1.88 bits per heavy atom. The highest BCUT2D eigenvalue weighted by Crippen LogP contribution is 2.35. The van der Waals surface area contributed by atoms with E-state index in [1.54, 1.807) is 17.5 Å². The number of thiophene rings is 1. The predicted octanol–water partition coefficient (Wildman–Crippen LogP) is 1.57. The van der Waals surface area contributed by atoms with E-state index in [9.17, 15) is 24.3 Å². The summed E-state index contributed by atoms with van der Waals surface area (Å²) in [5.41, 5.74) is -0.403. The number of fused-ring (bicyclic) bond motifs is 1. The van der Waals surface area contributed by atoms with Crippen molar-refractivity contribution in [3.8, 4) is 0 Å². The largest absolute Gasteiger partial charge is 0.478 e. The third-order valence-electron chi connectivity index (χ3n) is 4.17. The summed E-state index contributed by atoms with van der Waals surface area (Å²) >= 11 is 1.18. The monoisotopic (exact) mass is 370 g/mol. The highest BCUT2D eigenvalue weighted by atomic mass is 32.1. The van der Waals surface area contributed by atoms with Crippen LogP contribution in [0.15, 0.2) is 46.9 Å². The van der Waals surface area contributed by atoms with Crippen molar-refractivity contribution in [2.75, 3.05) is 4.90 Å². The fourth-order valence-corrected chi connectivity index (χ4v) is 3.66. The van der Waals surface area contributed by atoms with Crippen LogP contribution in [-0.4, -0.2) is 40.5 Å². The summed E-state index contributed by atoms with van der Waals surface area (Å²) < 4.78 is 0. The molecule has 2 amide bonds. The molecule has 8 nitrogen and oxygen atoms in total. The van der Waals surface area contributed by atoms with Crippen molar-refractivity contribution in [2.24, 2.45) is 11.1 Å². The standard InChI is InChI=1S/C17H10N2O6S/c20-13(10-6-3-7-26-10)12-11-14(25-18-12)16(22)19(15(11)21)9-5-2-1-4-8(9)17(23)24/h1-7,11,14H,(H,23,24)/t11-,14-/m0/s1. The van der Waals surface area contributed by atoms with Gasteiger partial charge < -0.3 is 9.94 Å². The van der Waals surface area contributed by atoms with E-state index in [0.29, 0.717) is 4.88 Å². The number of carbonyl (C=O) groups is 4. The summed E-state index contributed by atoms with van der Waals surface area (Å²) in [6.45, 7) is 0. The first-order chi connectivity index (χ1) is 12.5. The average Bonchev–Trinajstić information content (AvgIpc) is 3.34. The quantitative estimate of drug-likeness (QED) is 0.646. The van der Waals surface area contributed by atoms with E-state index in [-0.39, 0.29) is 17.0 Å². The van der Waals surface area contributed by atoms with Crippen molar-refractivity contribution in [3.05, 3.63) is 52.2 Å². The molecule has 2 aliphatic heterocycles. The van der Waals surface area contributed by atoms with Crippen LogP contribution in [0, 0.1) is 5.92 Å². The Hall–Kier alpha value is -3.33. The minimum atomic E-state index is -1.28. The van der Waals surface area contributed by atoms with E-state index in [1.165, 1.54) is 35.6 Å². The second kappa shape index (κ2) is 5.88. The molecule has 0 aliphatic carbocycles. The number of imide groups is 1. The number of carboxylic acids is 1. The number of ketones is 1. The van der Waals surface area contributed by atoms with Gasteiger partial charge in [-0.05, 0) is 23.6 Å². The molecule has 4 rings (SSSR count).